The van der Waals surface area contributed by atoms with E-state index in [4.69, 9.17) is 39.5 Å². The maximum absolute atomic E-state index is 13.2. The van der Waals surface area contributed by atoms with Gasteiger partial charge in [0.25, 0.3) is 0 Å². The number of ether oxygens (including phenoxy) is 1. The molecule has 0 radical (unpaired) electrons. The number of rotatable bonds is 4. The number of hydrogen-bond donors (Lipinski definition) is 1. The highest BCUT2D eigenvalue weighted by molar-refractivity contribution is 6.40. The lowest BCUT2D eigenvalue weighted by Gasteiger charge is -2.33. The lowest BCUT2D eigenvalue weighted by molar-refractivity contribution is -0.118. The second kappa shape index (κ2) is 8.95. The molecule has 1 saturated heterocycles. The summed E-state index contributed by atoms with van der Waals surface area (Å²) in [4.78, 5) is 14.8. The third kappa shape index (κ3) is 3.97. The Morgan fingerprint density at radius 3 is 2.38 bits per heavy atom. The molecule has 1 fully saturated rings. The molecule has 2 aliphatic heterocycles. The van der Waals surface area contributed by atoms with Gasteiger partial charge in [0.05, 0.1) is 21.4 Å². The standard InChI is InChI=1S/C25H21Cl3N2O2/c26-20-5-2-1-4-17(20)19-12-16(32-15-10-11-29-14-15)13-23-18(19)8-9-24(31)30(23)25-21(27)6-3-7-22(25)28/h1-7,12-13,15,29H,8-11,14H2. The Kier molecular flexibility index (Phi) is 6.04. The van der Waals surface area contributed by atoms with Crippen LogP contribution in [-0.2, 0) is 11.2 Å². The number of benzene rings is 3. The Morgan fingerprint density at radius 2 is 1.66 bits per heavy atom. The first-order valence-electron chi connectivity index (χ1n) is 10.6. The molecule has 2 heterocycles. The largest absolute Gasteiger partial charge is 0.489 e. The van der Waals surface area contributed by atoms with E-state index in [0.717, 1.165) is 41.9 Å². The van der Waals surface area contributed by atoms with Gasteiger partial charge in [0.2, 0.25) is 5.91 Å². The van der Waals surface area contributed by atoms with E-state index in [1.165, 1.54) is 0 Å². The summed E-state index contributed by atoms with van der Waals surface area (Å²) in [5.41, 5.74) is 4.10. The quantitative estimate of drug-likeness (QED) is 0.447. The number of halogens is 3. The highest BCUT2D eigenvalue weighted by Gasteiger charge is 2.32. The summed E-state index contributed by atoms with van der Waals surface area (Å²) in [7, 11) is 0. The number of anilines is 2. The van der Waals surface area contributed by atoms with Gasteiger partial charge in [-0.2, -0.15) is 0 Å². The van der Waals surface area contributed by atoms with Crippen molar-refractivity contribution in [3.63, 3.8) is 0 Å². The van der Waals surface area contributed by atoms with Crippen molar-refractivity contribution in [1.82, 2.24) is 5.32 Å². The van der Waals surface area contributed by atoms with Gasteiger partial charge in [-0.3, -0.25) is 9.69 Å². The summed E-state index contributed by atoms with van der Waals surface area (Å²) in [6.07, 6.45) is 1.94. The molecule has 3 aromatic carbocycles. The average molecular weight is 488 g/mol. The minimum absolute atomic E-state index is 0.0581. The zero-order valence-electron chi connectivity index (χ0n) is 17.2. The maximum atomic E-state index is 13.2. The summed E-state index contributed by atoms with van der Waals surface area (Å²) in [5.74, 6) is 0.632. The molecule has 1 N–H and O–H groups in total. The van der Waals surface area contributed by atoms with Crippen molar-refractivity contribution < 1.29 is 9.53 Å². The van der Waals surface area contributed by atoms with Crippen LogP contribution < -0.4 is 15.0 Å². The molecule has 2 aliphatic rings. The highest BCUT2D eigenvalue weighted by atomic mass is 35.5. The molecule has 3 aromatic rings. The van der Waals surface area contributed by atoms with E-state index in [9.17, 15) is 4.79 Å². The summed E-state index contributed by atoms with van der Waals surface area (Å²) in [5, 5.41) is 4.81. The SMILES string of the molecule is O=C1CCc2c(-c3ccccc3Cl)cc(OC3CCNC3)cc2N1c1c(Cl)cccc1Cl. The molecule has 1 atom stereocenters. The molecule has 1 amide bonds. The molecule has 5 rings (SSSR count). The van der Waals surface area contributed by atoms with Crippen molar-refractivity contribution >= 4 is 52.1 Å². The third-order valence-electron chi connectivity index (χ3n) is 5.92. The number of nitrogens with zero attached hydrogens (tertiary/aromatic N) is 1. The maximum Gasteiger partial charge on any atom is 0.231 e. The first kappa shape index (κ1) is 21.6. The number of para-hydroxylation sites is 1. The lowest BCUT2D eigenvalue weighted by atomic mass is 9.91. The summed E-state index contributed by atoms with van der Waals surface area (Å²) in [6, 6.07) is 16.9. The number of hydrogen-bond acceptors (Lipinski definition) is 3. The average Bonchev–Trinajstić information content (AvgIpc) is 3.28. The van der Waals surface area contributed by atoms with E-state index >= 15 is 0 Å². The van der Waals surface area contributed by atoms with Gasteiger partial charge >= 0.3 is 0 Å². The van der Waals surface area contributed by atoms with Crippen molar-refractivity contribution in [3.8, 4) is 16.9 Å². The second-order valence-electron chi connectivity index (χ2n) is 7.98. The number of nitrogens with one attached hydrogen (secondary N) is 1. The minimum atomic E-state index is -0.0581. The van der Waals surface area contributed by atoms with Crippen molar-refractivity contribution in [2.45, 2.75) is 25.4 Å². The monoisotopic (exact) mass is 486 g/mol. The molecule has 0 aliphatic carbocycles. The highest BCUT2D eigenvalue weighted by Crippen LogP contribution is 2.47. The van der Waals surface area contributed by atoms with Gasteiger partial charge < -0.3 is 10.1 Å². The molecular weight excluding hydrogens is 467 g/mol. The normalized spacial score (nSPS) is 18.0. The van der Waals surface area contributed by atoms with Gasteiger partial charge in [-0.15, -0.1) is 0 Å². The number of amides is 1. The fourth-order valence-corrected chi connectivity index (χ4v) is 5.23. The van der Waals surface area contributed by atoms with E-state index in [-0.39, 0.29) is 12.0 Å². The zero-order valence-corrected chi connectivity index (χ0v) is 19.5. The fraction of sp³-hybridized carbons (Fsp3) is 0.240. The smallest absolute Gasteiger partial charge is 0.231 e. The van der Waals surface area contributed by atoms with Crippen LogP contribution in [0.4, 0.5) is 11.4 Å². The first-order chi connectivity index (χ1) is 15.5. The molecule has 7 heteroatoms. The molecular formula is C25H21Cl3N2O2. The van der Waals surface area contributed by atoms with Crippen LogP contribution in [0.3, 0.4) is 0 Å². The Hall–Kier alpha value is -2.24. The number of carbonyl (C=O) groups excluding carboxylic acids is 1. The van der Waals surface area contributed by atoms with Crippen molar-refractivity contribution in [2.24, 2.45) is 0 Å². The van der Waals surface area contributed by atoms with Crippen LogP contribution in [0.15, 0.2) is 54.6 Å². The van der Waals surface area contributed by atoms with Crippen molar-refractivity contribution in [1.29, 1.82) is 0 Å². The number of carbonyl (C=O) groups is 1. The van der Waals surface area contributed by atoms with Gasteiger partial charge in [-0.05, 0) is 54.8 Å². The molecule has 0 aromatic heterocycles. The molecule has 0 saturated carbocycles. The molecule has 0 bridgehead atoms. The molecule has 32 heavy (non-hydrogen) atoms. The van der Waals surface area contributed by atoms with Crippen LogP contribution >= 0.6 is 34.8 Å². The van der Waals surface area contributed by atoms with Crippen molar-refractivity contribution in [2.75, 3.05) is 18.0 Å². The van der Waals surface area contributed by atoms with Crippen molar-refractivity contribution in [3.05, 3.63) is 75.2 Å². The fourth-order valence-electron chi connectivity index (χ4n) is 4.43. The first-order valence-corrected chi connectivity index (χ1v) is 11.7. The van der Waals surface area contributed by atoms with E-state index in [2.05, 4.69) is 5.32 Å². The summed E-state index contributed by atoms with van der Waals surface area (Å²) in [6.45, 7) is 1.71. The summed E-state index contributed by atoms with van der Waals surface area (Å²) < 4.78 is 6.31. The zero-order chi connectivity index (χ0) is 22.2. The van der Waals surface area contributed by atoms with Crippen LogP contribution in [0, 0.1) is 0 Å². The second-order valence-corrected chi connectivity index (χ2v) is 9.20. The van der Waals surface area contributed by atoms with Gasteiger partial charge in [0, 0.05) is 29.6 Å². The van der Waals surface area contributed by atoms with E-state index in [0.29, 0.717) is 39.3 Å². The Bertz CT molecular complexity index is 1170. The predicted octanol–water partition coefficient (Wildman–Crippen LogP) is 6.67. The predicted molar refractivity (Wildman–Crippen MR) is 131 cm³/mol. The Morgan fingerprint density at radius 1 is 0.906 bits per heavy atom. The Balaban J connectivity index is 1.72. The van der Waals surface area contributed by atoms with Crippen LogP contribution in [0.1, 0.15) is 18.4 Å². The van der Waals surface area contributed by atoms with E-state index in [1.54, 1.807) is 23.1 Å². The third-order valence-corrected chi connectivity index (χ3v) is 6.86. The number of fused-ring (bicyclic) bond motifs is 1. The van der Waals surface area contributed by atoms with Crippen LogP contribution in [0.5, 0.6) is 5.75 Å². The van der Waals surface area contributed by atoms with Gasteiger partial charge in [0.1, 0.15) is 11.9 Å². The van der Waals surface area contributed by atoms with Crippen LogP contribution in [0.2, 0.25) is 15.1 Å². The van der Waals surface area contributed by atoms with E-state index < -0.39 is 0 Å². The molecule has 164 valence electrons. The summed E-state index contributed by atoms with van der Waals surface area (Å²) >= 11 is 19.6. The molecule has 4 nitrogen and oxygen atoms in total. The minimum Gasteiger partial charge on any atom is -0.489 e. The van der Waals surface area contributed by atoms with Gasteiger partial charge in [0.15, 0.2) is 0 Å². The Labute approximate surface area is 202 Å². The van der Waals surface area contributed by atoms with Gasteiger partial charge in [-0.1, -0.05) is 59.1 Å². The topological polar surface area (TPSA) is 41.6 Å². The molecule has 1 unspecified atom stereocenters. The molecule has 0 spiro atoms. The van der Waals surface area contributed by atoms with Gasteiger partial charge in [-0.25, -0.2) is 0 Å². The lowest BCUT2D eigenvalue weighted by Crippen LogP contribution is -2.32. The van der Waals surface area contributed by atoms with Crippen LogP contribution in [-0.4, -0.2) is 25.1 Å². The van der Waals surface area contributed by atoms with E-state index in [1.807, 2.05) is 36.4 Å². The van der Waals surface area contributed by atoms with Crippen LogP contribution in [0.25, 0.3) is 11.1 Å².